The van der Waals surface area contributed by atoms with Gasteiger partial charge in [0, 0.05) is 35.6 Å². The molecule has 1 fully saturated rings. The van der Waals surface area contributed by atoms with Crippen molar-refractivity contribution in [1.29, 1.82) is 0 Å². The van der Waals surface area contributed by atoms with Gasteiger partial charge in [0.05, 0.1) is 13.2 Å². The summed E-state index contributed by atoms with van der Waals surface area (Å²) in [6.45, 7) is 6.13. The minimum absolute atomic E-state index is 0.117. The van der Waals surface area contributed by atoms with E-state index < -0.39 is 0 Å². The van der Waals surface area contributed by atoms with Crippen LogP contribution in [0.1, 0.15) is 18.2 Å². The second kappa shape index (κ2) is 8.54. The third-order valence-corrected chi connectivity index (χ3v) is 4.86. The lowest BCUT2D eigenvalue weighted by Crippen LogP contribution is -2.42. The Hall–Kier alpha value is -2.38. The van der Waals surface area contributed by atoms with Gasteiger partial charge in [-0.3, -0.25) is 14.2 Å². The van der Waals surface area contributed by atoms with E-state index in [9.17, 15) is 9.59 Å². The molecule has 1 aliphatic heterocycles. The first-order valence-electron chi connectivity index (χ1n) is 8.97. The Kier molecular flexibility index (Phi) is 6.13. The summed E-state index contributed by atoms with van der Waals surface area (Å²) in [6.07, 6.45) is 0.654. The number of aryl methyl sites for hydroxylation is 2. The summed E-state index contributed by atoms with van der Waals surface area (Å²) < 4.78 is 6.79. The summed E-state index contributed by atoms with van der Waals surface area (Å²) in [5.74, 6) is 0.206. The predicted octanol–water partition coefficient (Wildman–Crippen LogP) is 2.24. The molecule has 0 saturated carbocycles. The van der Waals surface area contributed by atoms with Gasteiger partial charge in [0.25, 0.3) is 5.56 Å². The van der Waals surface area contributed by atoms with Crippen molar-refractivity contribution in [3.63, 3.8) is 0 Å². The average molecular weight is 391 g/mol. The van der Waals surface area contributed by atoms with Crippen LogP contribution in [0.3, 0.4) is 0 Å². The fraction of sp³-hybridized carbons (Fsp3) is 0.421. The third kappa shape index (κ3) is 4.67. The molecule has 1 aliphatic rings. The maximum absolute atomic E-state index is 12.6. The molecule has 2 heterocycles. The number of nitrogens with one attached hydrogen (secondary N) is 1. The largest absolute Gasteiger partial charge is 0.378 e. The third-order valence-electron chi connectivity index (χ3n) is 4.45. The van der Waals surface area contributed by atoms with Crippen LogP contribution in [-0.2, 0) is 22.5 Å². The zero-order chi connectivity index (χ0) is 19.4. The van der Waals surface area contributed by atoms with E-state index in [1.807, 2.05) is 24.8 Å². The molecular weight excluding hydrogens is 368 g/mol. The Labute approximate surface area is 162 Å². The van der Waals surface area contributed by atoms with Crippen LogP contribution < -0.4 is 15.8 Å². The Bertz CT molecular complexity index is 891. The van der Waals surface area contributed by atoms with Gasteiger partial charge in [0.15, 0.2) is 0 Å². The fourth-order valence-electron chi connectivity index (χ4n) is 2.89. The van der Waals surface area contributed by atoms with E-state index >= 15 is 0 Å². The number of hydrogen-bond acceptors (Lipinski definition) is 5. The molecule has 8 heteroatoms. The number of benzene rings is 1. The van der Waals surface area contributed by atoms with Crippen molar-refractivity contribution >= 4 is 29.1 Å². The van der Waals surface area contributed by atoms with E-state index in [0.29, 0.717) is 55.1 Å². The minimum atomic E-state index is -0.308. The Morgan fingerprint density at radius 2 is 2.04 bits per heavy atom. The summed E-state index contributed by atoms with van der Waals surface area (Å²) in [5, 5.41) is 3.37. The van der Waals surface area contributed by atoms with Crippen molar-refractivity contribution in [1.82, 2.24) is 9.55 Å². The molecule has 0 spiro atoms. The zero-order valence-electron chi connectivity index (χ0n) is 15.5. The van der Waals surface area contributed by atoms with E-state index in [2.05, 4.69) is 10.3 Å². The first kappa shape index (κ1) is 19.4. The average Bonchev–Trinajstić information content (AvgIpc) is 2.66. The van der Waals surface area contributed by atoms with Gasteiger partial charge < -0.3 is 15.0 Å². The van der Waals surface area contributed by atoms with Crippen LogP contribution >= 0.6 is 11.6 Å². The maximum Gasteiger partial charge on any atom is 0.255 e. The molecule has 2 aromatic rings. The molecule has 1 saturated heterocycles. The van der Waals surface area contributed by atoms with Crippen molar-refractivity contribution in [3.05, 3.63) is 50.9 Å². The van der Waals surface area contributed by atoms with E-state index in [-0.39, 0.29) is 18.0 Å². The molecule has 27 heavy (non-hydrogen) atoms. The van der Waals surface area contributed by atoms with E-state index in [0.717, 1.165) is 5.56 Å². The second-order valence-corrected chi connectivity index (χ2v) is 6.84. The van der Waals surface area contributed by atoms with E-state index in [4.69, 9.17) is 16.3 Å². The van der Waals surface area contributed by atoms with Crippen molar-refractivity contribution < 1.29 is 9.53 Å². The van der Waals surface area contributed by atoms with Crippen molar-refractivity contribution in [3.8, 4) is 0 Å². The van der Waals surface area contributed by atoms with E-state index in [1.165, 1.54) is 10.6 Å². The van der Waals surface area contributed by atoms with Gasteiger partial charge in [-0.15, -0.1) is 0 Å². The van der Waals surface area contributed by atoms with Gasteiger partial charge in [-0.25, -0.2) is 4.98 Å². The number of aromatic nitrogens is 2. The molecule has 0 unspecified atom stereocenters. The van der Waals surface area contributed by atoms with Gasteiger partial charge in [-0.05, 0) is 31.0 Å². The van der Waals surface area contributed by atoms with Crippen LogP contribution in [0.25, 0.3) is 0 Å². The molecule has 1 aromatic carbocycles. The first-order valence-corrected chi connectivity index (χ1v) is 9.35. The number of amides is 1. The van der Waals surface area contributed by atoms with Crippen molar-refractivity contribution in [2.45, 2.75) is 26.8 Å². The summed E-state index contributed by atoms with van der Waals surface area (Å²) in [4.78, 5) is 31.7. The minimum Gasteiger partial charge on any atom is -0.378 e. The lowest BCUT2D eigenvalue weighted by Gasteiger charge is -2.29. The number of carbonyl (C=O) groups excluding carboxylic acids is 1. The molecule has 1 aromatic heterocycles. The number of anilines is 2. The lowest BCUT2D eigenvalue weighted by atomic mass is 10.2. The molecule has 0 atom stereocenters. The number of morpholine rings is 1. The van der Waals surface area contributed by atoms with Crippen LogP contribution in [0.5, 0.6) is 0 Å². The number of halogens is 1. The predicted molar refractivity (Wildman–Crippen MR) is 106 cm³/mol. The number of carbonyl (C=O) groups is 1. The molecule has 144 valence electrons. The molecular formula is C19H23ClN4O3. The van der Waals surface area contributed by atoms with Crippen LogP contribution in [0, 0.1) is 6.92 Å². The monoisotopic (exact) mass is 390 g/mol. The maximum atomic E-state index is 12.6. The van der Waals surface area contributed by atoms with Gasteiger partial charge in [-0.1, -0.05) is 24.6 Å². The molecule has 0 radical (unpaired) electrons. The number of nitrogens with zero attached hydrogens (tertiary/aromatic N) is 3. The van der Waals surface area contributed by atoms with Crippen molar-refractivity contribution in [2.75, 3.05) is 36.5 Å². The molecule has 1 N–H and O–H groups in total. The lowest BCUT2D eigenvalue weighted by molar-refractivity contribution is -0.116. The van der Waals surface area contributed by atoms with Crippen LogP contribution in [0.2, 0.25) is 5.02 Å². The highest BCUT2D eigenvalue weighted by Gasteiger charge is 2.20. The SMILES string of the molecule is CCc1cc(=O)n(CC(=O)Nc2ccc(C)c(Cl)c2)c(N2CCOCC2)n1. The highest BCUT2D eigenvalue weighted by molar-refractivity contribution is 6.31. The fourth-order valence-corrected chi connectivity index (χ4v) is 3.07. The molecule has 0 aliphatic carbocycles. The number of hydrogen-bond donors (Lipinski definition) is 1. The molecule has 7 nitrogen and oxygen atoms in total. The highest BCUT2D eigenvalue weighted by atomic mass is 35.5. The van der Waals surface area contributed by atoms with Crippen molar-refractivity contribution in [2.24, 2.45) is 0 Å². The van der Waals surface area contributed by atoms with Crippen LogP contribution in [-0.4, -0.2) is 41.8 Å². The van der Waals surface area contributed by atoms with Gasteiger partial charge in [-0.2, -0.15) is 0 Å². The number of rotatable bonds is 5. The van der Waals surface area contributed by atoms with Gasteiger partial charge in [0.2, 0.25) is 11.9 Å². The van der Waals surface area contributed by atoms with E-state index in [1.54, 1.807) is 12.1 Å². The zero-order valence-corrected chi connectivity index (χ0v) is 16.3. The summed E-state index contributed by atoms with van der Waals surface area (Å²) in [5.41, 5.74) is 2.00. The Morgan fingerprint density at radius 3 is 2.70 bits per heavy atom. The quantitative estimate of drug-likeness (QED) is 0.847. The van der Waals surface area contributed by atoms with Crippen LogP contribution in [0.15, 0.2) is 29.1 Å². The second-order valence-electron chi connectivity index (χ2n) is 6.44. The topological polar surface area (TPSA) is 76.5 Å². The summed E-state index contributed by atoms with van der Waals surface area (Å²) in [7, 11) is 0. The van der Waals surface area contributed by atoms with Crippen LogP contribution in [0.4, 0.5) is 11.6 Å². The first-order chi connectivity index (χ1) is 13.0. The smallest absolute Gasteiger partial charge is 0.255 e. The molecule has 0 bridgehead atoms. The molecule has 3 rings (SSSR count). The standard InChI is InChI=1S/C19H23ClN4O3/c1-3-14-11-18(26)24(19(22-14)23-6-8-27-9-7-23)12-17(25)21-15-5-4-13(2)16(20)10-15/h4-5,10-11H,3,6-9,12H2,1-2H3,(H,21,25). The van der Waals surface area contributed by atoms with Gasteiger partial charge in [0.1, 0.15) is 6.54 Å². The summed E-state index contributed by atoms with van der Waals surface area (Å²) >= 11 is 6.11. The Morgan fingerprint density at radius 1 is 1.30 bits per heavy atom. The van der Waals surface area contributed by atoms with Gasteiger partial charge >= 0.3 is 0 Å². The normalized spacial score (nSPS) is 14.3. The molecule has 1 amide bonds. The summed E-state index contributed by atoms with van der Waals surface area (Å²) in [6, 6.07) is 6.79. The Balaban J connectivity index is 1.85. The highest BCUT2D eigenvalue weighted by Crippen LogP contribution is 2.20. The number of ether oxygens (including phenoxy) is 1.